The molecule has 0 amide bonds. The van der Waals surface area contributed by atoms with Gasteiger partial charge in [0.25, 0.3) is 0 Å². The summed E-state index contributed by atoms with van der Waals surface area (Å²) in [5.74, 6) is -1.90. The van der Waals surface area contributed by atoms with Crippen LogP contribution in [-0.2, 0) is 0 Å². The number of hydrogen-bond acceptors (Lipinski definition) is 6. The highest BCUT2D eigenvalue weighted by molar-refractivity contribution is 6.01. The highest BCUT2D eigenvalue weighted by Crippen LogP contribution is 2.37. The maximum atomic E-state index is 12.1. The second kappa shape index (κ2) is 6.11. The number of rotatable bonds is 4. The summed E-state index contributed by atoms with van der Waals surface area (Å²) in [4.78, 5) is 16.5. The second-order valence-corrected chi connectivity index (χ2v) is 4.96. The van der Waals surface area contributed by atoms with E-state index in [9.17, 15) is 20.1 Å². The number of nitrogens with zero attached hydrogens (tertiary/aromatic N) is 2. The monoisotopic (exact) mass is 280 g/mol. The molecule has 1 aromatic rings. The molecule has 0 radical (unpaired) electrons. The van der Waals surface area contributed by atoms with Crippen molar-refractivity contribution in [2.75, 3.05) is 39.3 Å². The van der Waals surface area contributed by atoms with Crippen molar-refractivity contribution >= 4 is 5.78 Å². The van der Waals surface area contributed by atoms with Crippen LogP contribution in [0.1, 0.15) is 17.3 Å². The van der Waals surface area contributed by atoms with Crippen LogP contribution in [0, 0.1) is 0 Å². The molecule has 6 heteroatoms. The number of carbonyl (C=O) groups is 1. The van der Waals surface area contributed by atoms with E-state index in [0.717, 1.165) is 32.7 Å². The molecule has 3 N–H and O–H groups in total. The number of hydrogen-bond donors (Lipinski definition) is 3. The zero-order valence-electron chi connectivity index (χ0n) is 11.5. The van der Waals surface area contributed by atoms with E-state index >= 15 is 0 Å². The average molecular weight is 280 g/mol. The van der Waals surface area contributed by atoms with Gasteiger partial charge in [0.1, 0.15) is 0 Å². The van der Waals surface area contributed by atoms with E-state index in [1.54, 1.807) is 0 Å². The van der Waals surface area contributed by atoms with Gasteiger partial charge in [0.15, 0.2) is 17.3 Å². The molecule has 20 heavy (non-hydrogen) atoms. The molecule has 1 saturated heterocycles. The van der Waals surface area contributed by atoms with Crippen molar-refractivity contribution in [1.82, 2.24) is 9.80 Å². The summed E-state index contributed by atoms with van der Waals surface area (Å²) in [6.45, 7) is 6.80. The van der Waals surface area contributed by atoms with Crippen molar-refractivity contribution in [1.29, 1.82) is 0 Å². The number of benzene rings is 1. The predicted octanol–water partition coefficient (Wildman–Crippen LogP) is 0.624. The van der Waals surface area contributed by atoms with E-state index in [-0.39, 0.29) is 17.9 Å². The van der Waals surface area contributed by atoms with Crippen molar-refractivity contribution in [3.05, 3.63) is 17.7 Å². The standard InChI is InChI=1S/C14H20N2O4/c1-2-15-5-7-16(8-6-15)9-12(18)10-3-4-11(17)14(20)13(10)19/h3-4,17,19-20H,2,5-9H2,1H3. The second-order valence-electron chi connectivity index (χ2n) is 4.96. The van der Waals surface area contributed by atoms with Crippen molar-refractivity contribution in [3.63, 3.8) is 0 Å². The third-order valence-corrected chi connectivity index (χ3v) is 3.71. The summed E-state index contributed by atoms with van der Waals surface area (Å²) in [7, 11) is 0. The third kappa shape index (κ3) is 3.02. The van der Waals surface area contributed by atoms with Crippen molar-refractivity contribution in [2.24, 2.45) is 0 Å². The Balaban J connectivity index is 2.01. The number of Topliss-reactive ketones (excluding diaryl/α,β-unsaturated/α-hetero) is 1. The lowest BCUT2D eigenvalue weighted by Crippen LogP contribution is -2.47. The highest BCUT2D eigenvalue weighted by atomic mass is 16.3. The van der Waals surface area contributed by atoms with Crippen LogP contribution in [0.15, 0.2) is 12.1 Å². The summed E-state index contributed by atoms with van der Waals surface area (Å²) in [5, 5.41) is 28.4. The van der Waals surface area contributed by atoms with Gasteiger partial charge in [0, 0.05) is 26.2 Å². The molecule has 0 spiro atoms. The molecule has 0 bridgehead atoms. The molecule has 0 aliphatic carbocycles. The summed E-state index contributed by atoms with van der Waals surface area (Å²) in [6, 6.07) is 2.53. The van der Waals surface area contributed by atoms with Crippen LogP contribution >= 0.6 is 0 Å². The van der Waals surface area contributed by atoms with E-state index in [0.29, 0.717) is 0 Å². The zero-order chi connectivity index (χ0) is 14.7. The Bertz CT molecular complexity index is 496. The SMILES string of the molecule is CCN1CCN(CC(=O)c2ccc(O)c(O)c2O)CC1. The van der Waals surface area contributed by atoms with Crippen LogP contribution in [0.5, 0.6) is 17.2 Å². The van der Waals surface area contributed by atoms with Crippen molar-refractivity contribution in [3.8, 4) is 17.2 Å². The number of carbonyl (C=O) groups excluding carboxylic acids is 1. The quantitative estimate of drug-likeness (QED) is 0.554. The first-order chi connectivity index (χ1) is 9.52. The lowest BCUT2D eigenvalue weighted by Gasteiger charge is -2.33. The number of likely N-dealkylation sites (N-methyl/N-ethyl adjacent to an activating group) is 1. The molecule has 0 unspecified atom stereocenters. The van der Waals surface area contributed by atoms with Gasteiger partial charge in [-0.05, 0) is 18.7 Å². The Hall–Kier alpha value is -1.79. The molecule has 6 nitrogen and oxygen atoms in total. The zero-order valence-corrected chi connectivity index (χ0v) is 11.5. The first kappa shape index (κ1) is 14.6. The lowest BCUT2D eigenvalue weighted by atomic mass is 10.1. The first-order valence-corrected chi connectivity index (χ1v) is 6.74. The van der Waals surface area contributed by atoms with Crippen LogP contribution in [0.4, 0.5) is 0 Å². The minimum atomic E-state index is -0.647. The van der Waals surface area contributed by atoms with E-state index in [4.69, 9.17) is 0 Å². The minimum absolute atomic E-state index is 0.0400. The molecule has 1 heterocycles. The van der Waals surface area contributed by atoms with Crippen LogP contribution in [-0.4, -0.2) is 70.2 Å². The van der Waals surface area contributed by atoms with Crippen molar-refractivity contribution in [2.45, 2.75) is 6.92 Å². The third-order valence-electron chi connectivity index (χ3n) is 3.71. The van der Waals surface area contributed by atoms with Gasteiger partial charge in [0.2, 0.25) is 5.75 Å². The van der Waals surface area contributed by atoms with E-state index in [1.165, 1.54) is 12.1 Å². The van der Waals surface area contributed by atoms with Crippen LogP contribution in [0.2, 0.25) is 0 Å². The molecule has 0 saturated carbocycles. The van der Waals surface area contributed by atoms with Crippen LogP contribution in [0.3, 0.4) is 0 Å². The first-order valence-electron chi connectivity index (χ1n) is 6.74. The van der Waals surface area contributed by atoms with E-state index in [1.807, 2.05) is 4.90 Å². The molecule has 0 aromatic heterocycles. The summed E-state index contributed by atoms with van der Waals surface area (Å²) in [5.41, 5.74) is 0.0400. The average Bonchev–Trinajstić information content (AvgIpc) is 2.45. The molecule has 110 valence electrons. The fraction of sp³-hybridized carbons (Fsp3) is 0.500. The fourth-order valence-electron chi connectivity index (χ4n) is 2.35. The Labute approximate surface area is 117 Å². The number of phenolic OH excluding ortho intramolecular Hbond substituents is 3. The molecule has 1 fully saturated rings. The van der Waals surface area contributed by atoms with Gasteiger partial charge in [-0.1, -0.05) is 6.92 Å². The largest absolute Gasteiger partial charge is 0.504 e. The Kier molecular flexibility index (Phi) is 4.46. The number of ketones is 1. The normalized spacial score (nSPS) is 17.2. The highest BCUT2D eigenvalue weighted by Gasteiger charge is 2.22. The molecule has 1 aliphatic heterocycles. The molecule has 2 rings (SSSR count). The number of phenols is 3. The smallest absolute Gasteiger partial charge is 0.201 e. The summed E-state index contributed by atoms with van der Waals surface area (Å²) in [6.07, 6.45) is 0. The molecule has 1 aliphatic rings. The Morgan fingerprint density at radius 1 is 1.05 bits per heavy atom. The Morgan fingerprint density at radius 3 is 2.25 bits per heavy atom. The molecular weight excluding hydrogens is 260 g/mol. The van der Waals surface area contributed by atoms with E-state index in [2.05, 4.69) is 11.8 Å². The Morgan fingerprint density at radius 2 is 1.65 bits per heavy atom. The fourth-order valence-corrected chi connectivity index (χ4v) is 2.35. The van der Waals surface area contributed by atoms with Gasteiger partial charge in [0.05, 0.1) is 12.1 Å². The summed E-state index contributed by atoms with van der Waals surface area (Å²) < 4.78 is 0. The van der Waals surface area contributed by atoms with Crippen molar-refractivity contribution < 1.29 is 20.1 Å². The molecular formula is C14H20N2O4. The number of piperazine rings is 1. The maximum absolute atomic E-state index is 12.1. The topological polar surface area (TPSA) is 84.2 Å². The van der Waals surface area contributed by atoms with Gasteiger partial charge in [-0.2, -0.15) is 0 Å². The van der Waals surface area contributed by atoms with Gasteiger partial charge in [-0.3, -0.25) is 9.69 Å². The van der Waals surface area contributed by atoms with Gasteiger partial charge >= 0.3 is 0 Å². The van der Waals surface area contributed by atoms with Gasteiger partial charge in [-0.25, -0.2) is 0 Å². The van der Waals surface area contributed by atoms with Gasteiger partial charge in [-0.15, -0.1) is 0 Å². The minimum Gasteiger partial charge on any atom is -0.504 e. The van der Waals surface area contributed by atoms with Gasteiger partial charge < -0.3 is 20.2 Å². The molecule has 1 aromatic carbocycles. The van der Waals surface area contributed by atoms with Crippen LogP contribution in [0.25, 0.3) is 0 Å². The number of aromatic hydroxyl groups is 3. The van der Waals surface area contributed by atoms with E-state index < -0.39 is 17.2 Å². The predicted molar refractivity (Wildman–Crippen MR) is 74.3 cm³/mol. The van der Waals surface area contributed by atoms with Crippen LogP contribution < -0.4 is 0 Å². The summed E-state index contributed by atoms with van der Waals surface area (Å²) >= 11 is 0. The lowest BCUT2D eigenvalue weighted by molar-refractivity contribution is 0.0856. The maximum Gasteiger partial charge on any atom is 0.201 e. The molecule has 0 atom stereocenters.